The zero-order valence-corrected chi connectivity index (χ0v) is 18.7. The third kappa shape index (κ3) is 9.79. The van der Waals surface area contributed by atoms with Crippen molar-refractivity contribution in [2.45, 2.75) is 71.1 Å². The molecule has 0 radical (unpaired) electrons. The minimum atomic E-state index is -1.19. The maximum Gasteiger partial charge on any atom is 0.326 e. The van der Waals surface area contributed by atoms with Crippen LogP contribution < -0.4 is 21.7 Å². The standard InChI is InChI=1S/C19H38N4O5S/c1-5-11(3)15(23-17(25)13(20)10-29)9-21-16(12(4)6-2)18(26)22-14(7-8-24)19(27)28/h11-16,21,24,29H,5-10,20H2,1-4H3,(H,22,26)(H,23,25)(H,27,28)/t11?,12?,13-,14-,15+,16-/m0/s1. The van der Waals surface area contributed by atoms with Gasteiger partial charge in [-0.15, -0.1) is 0 Å². The Balaban J connectivity index is 5.23. The summed E-state index contributed by atoms with van der Waals surface area (Å²) in [4.78, 5) is 36.2. The quantitative estimate of drug-likeness (QED) is 0.175. The highest BCUT2D eigenvalue weighted by atomic mass is 32.1. The number of carboxylic acids is 1. The smallest absolute Gasteiger partial charge is 0.326 e. The van der Waals surface area contributed by atoms with E-state index in [-0.39, 0.29) is 42.6 Å². The molecule has 7 N–H and O–H groups in total. The Hall–Kier alpha value is -1.36. The number of rotatable bonds is 15. The monoisotopic (exact) mass is 434 g/mol. The topological polar surface area (TPSA) is 154 Å². The average molecular weight is 435 g/mol. The predicted octanol–water partition coefficient (Wildman–Crippen LogP) is -0.269. The van der Waals surface area contributed by atoms with Crippen molar-refractivity contribution < 1.29 is 24.6 Å². The van der Waals surface area contributed by atoms with Crippen molar-refractivity contribution in [3.8, 4) is 0 Å². The Morgan fingerprint density at radius 1 is 1.03 bits per heavy atom. The van der Waals surface area contributed by atoms with Crippen LogP contribution in [0.15, 0.2) is 0 Å². The second-order valence-electron chi connectivity index (χ2n) is 7.47. The van der Waals surface area contributed by atoms with Gasteiger partial charge in [-0.05, 0) is 11.8 Å². The van der Waals surface area contributed by atoms with E-state index in [0.29, 0.717) is 13.0 Å². The van der Waals surface area contributed by atoms with Crippen LogP contribution >= 0.6 is 12.6 Å². The zero-order valence-electron chi connectivity index (χ0n) is 17.9. The summed E-state index contributed by atoms with van der Waals surface area (Å²) >= 11 is 4.05. The molecule has 0 spiro atoms. The van der Waals surface area contributed by atoms with E-state index in [9.17, 15) is 19.5 Å². The number of carboxylic acid groups (broad SMARTS) is 1. The first kappa shape index (κ1) is 27.6. The molecular weight excluding hydrogens is 396 g/mol. The number of aliphatic hydroxyl groups is 1. The molecule has 0 heterocycles. The molecule has 6 atom stereocenters. The van der Waals surface area contributed by atoms with Gasteiger partial charge in [0.15, 0.2) is 0 Å². The van der Waals surface area contributed by atoms with Gasteiger partial charge in [-0.1, -0.05) is 40.5 Å². The molecule has 0 rings (SSSR count). The fourth-order valence-electron chi connectivity index (χ4n) is 2.74. The Bertz CT molecular complexity index is 523. The van der Waals surface area contributed by atoms with Gasteiger partial charge >= 0.3 is 5.97 Å². The largest absolute Gasteiger partial charge is 0.480 e. The summed E-state index contributed by atoms with van der Waals surface area (Å²) in [6.07, 6.45) is 1.45. The molecule has 0 aliphatic heterocycles. The van der Waals surface area contributed by atoms with E-state index in [4.69, 9.17) is 10.8 Å². The highest BCUT2D eigenvalue weighted by Gasteiger charge is 2.30. The Labute approximate surface area is 179 Å². The van der Waals surface area contributed by atoms with Crippen LogP contribution in [0.3, 0.4) is 0 Å². The molecule has 0 fully saturated rings. The zero-order chi connectivity index (χ0) is 22.6. The average Bonchev–Trinajstić information content (AvgIpc) is 2.70. The van der Waals surface area contributed by atoms with E-state index in [0.717, 1.165) is 6.42 Å². The van der Waals surface area contributed by atoms with E-state index in [1.54, 1.807) is 0 Å². The summed E-state index contributed by atoms with van der Waals surface area (Å²) in [5.41, 5.74) is 5.74. The molecule has 0 aliphatic rings. The van der Waals surface area contributed by atoms with Crippen LogP contribution in [-0.2, 0) is 14.4 Å². The number of carbonyl (C=O) groups excluding carboxylic acids is 2. The molecule has 0 saturated heterocycles. The van der Waals surface area contributed by atoms with Crippen LogP contribution in [0.4, 0.5) is 0 Å². The Morgan fingerprint density at radius 2 is 1.62 bits per heavy atom. The summed E-state index contributed by atoms with van der Waals surface area (Å²) in [6, 6.07) is -2.75. The van der Waals surface area contributed by atoms with Crippen LogP contribution in [-0.4, -0.2) is 71.1 Å². The van der Waals surface area contributed by atoms with E-state index in [2.05, 4.69) is 28.6 Å². The van der Waals surface area contributed by atoms with Crippen molar-refractivity contribution in [2.75, 3.05) is 18.9 Å². The fourth-order valence-corrected chi connectivity index (χ4v) is 2.91. The van der Waals surface area contributed by atoms with Crippen molar-refractivity contribution in [2.24, 2.45) is 17.6 Å². The highest BCUT2D eigenvalue weighted by Crippen LogP contribution is 2.12. The molecular formula is C19H38N4O5S. The molecule has 29 heavy (non-hydrogen) atoms. The normalized spacial score (nSPS) is 17.5. The van der Waals surface area contributed by atoms with Crippen molar-refractivity contribution in [3.63, 3.8) is 0 Å². The predicted molar refractivity (Wildman–Crippen MR) is 116 cm³/mol. The third-order valence-corrected chi connectivity index (χ3v) is 5.67. The van der Waals surface area contributed by atoms with Crippen LogP contribution in [0.1, 0.15) is 47.0 Å². The highest BCUT2D eigenvalue weighted by molar-refractivity contribution is 7.80. The third-order valence-electron chi connectivity index (χ3n) is 5.28. The lowest BCUT2D eigenvalue weighted by Gasteiger charge is -2.30. The lowest BCUT2D eigenvalue weighted by Crippen LogP contribution is -2.57. The number of hydrogen-bond donors (Lipinski definition) is 7. The number of carbonyl (C=O) groups is 3. The van der Waals surface area contributed by atoms with Crippen molar-refractivity contribution in [3.05, 3.63) is 0 Å². The second kappa shape index (κ2) is 14.6. The summed E-state index contributed by atoms with van der Waals surface area (Å²) in [5, 5.41) is 26.8. The molecule has 2 unspecified atom stereocenters. The van der Waals surface area contributed by atoms with Gasteiger partial charge in [0.25, 0.3) is 0 Å². The number of aliphatic carboxylic acids is 1. The molecule has 0 saturated carbocycles. The maximum absolute atomic E-state index is 12.7. The SMILES string of the molecule is CCC(C)[C@H](NC[C@@H](NC(=O)[C@@H](N)CS)C(C)CC)C(=O)N[C@@H](CCO)C(=O)O. The number of aliphatic hydroxyl groups excluding tert-OH is 1. The molecule has 10 heteroatoms. The van der Waals surface area contributed by atoms with Gasteiger partial charge in [0.05, 0.1) is 12.1 Å². The molecule has 0 aromatic carbocycles. The molecule has 9 nitrogen and oxygen atoms in total. The number of amides is 2. The number of hydrogen-bond acceptors (Lipinski definition) is 7. The summed E-state index contributed by atoms with van der Waals surface area (Å²) in [5.74, 6) is -1.63. The maximum atomic E-state index is 12.7. The van der Waals surface area contributed by atoms with Crippen LogP contribution in [0.25, 0.3) is 0 Å². The fraction of sp³-hybridized carbons (Fsp3) is 0.842. The second-order valence-corrected chi connectivity index (χ2v) is 7.84. The Kier molecular flexibility index (Phi) is 13.9. The first-order chi connectivity index (χ1) is 13.6. The first-order valence-electron chi connectivity index (χ1n) is 10.2. The molecule has 0 bridgehead atoms. The van der Waals surface area contributed by atoms with E-state index in [1.165, 1.54) is 0 Å². The van der Waals surface area contributed by atoms with Gasteiger partial charge < -0.3 is 31.9 Å². The van der Waals surface area contributed by atoms with E-state index >= 15 is 0 Å². The van der Waals surface area contributed by atoms with Crippen molar-refractivity contribution in [1.82, 2.24) is 16.0 Å². The minimum Gasteiger partial charge on any atom is -0.480 e. The number of nitrogens with two attached hydrogens (primary N) is 1. The molecule has 2 amide bonds. The molecule has 0 aromatic rings. The molecule has 0 aliphatic carbocycles. The van der Waals surface area contributed by atoms with Gasteiger partial charge in [0.2, 0.25) is 11.8 Å². The minimum absolute atomic E-state index is 0.0634. The van der Waals surface area contributed by atoms with Gasteiger partial charge in [-0.2, -0.15) is 12.6 Å². The van der Waals surface area contributed by atoms with Gasteiger partial charge in [0.1, 0.15) is 6.04 Å². The van der Waals surface area contributed by atoms with Gasteiger partial charge in [-0.25, -0.2) is 4.79 Å². The first-order valence-corrected chi connectivity index (χ1v) is 10.8. The summed E-state index contributed by atoms with van der Waals surface area (Å²) in [7, 11) is 0. The van der Waals surface area contributed by atoms with Gasteiger partial charge in [-0.3, -0.25) is 9.59 Å². The summed E-state index contributed by atoms with van der Waals surface area (Å²) < 4.78 is 0. The summed E-state index contributed by atoms with van der Waals surface area (Å²) in [6.45, 7) is 7.83. The van der Waals surface area contributed by atoms with Crippen LogP contribution in [0.2, 0.25) is 0 Å². The molecule has 0 aromatic heterocycles. The van der Waals surface area contributed by atoms with Crippen LogP contribution in [0.5, 0.6) is 0 Å². The molecule has 170 valence electrons. The Morgan fingerprint density at radius 3 is 2.07 bits per heavy atom. The number of thiol groups is 1. The number of nitrogens with one attached hydrogen (secondary N) is 3. The van der Waals surface area contributed by atoms with Crippen molar-refractivity contribution in [1.29, 1.82) is 0 Å². The van der Waals surface area contributed by atoms with Crippen LogP contribution in [0, 0.1) is 11.8 Å². The van der Waals surface area contributed by atoms with Crippen molar-refractivity contribution >= 4 is 30.4 Å². The lowest BCUT2D eigenvalue weighted by atomic mass is 9.95. The van der Waals surface area contributed by atoms with Gasteiger partial charge in [0, 0.05) is 31.4 Å². The van der Waals surface area contributed by atoms with E-state index < -0.39 is 30.0 Å². The van der Waals surface area contributed by atoms with E-state index in [1.807, 2.05) is 27.7 Å². The lowest BCUT2D eigenvalue weighted by molar-refractivity contribution is -0.142.